The number of carbonyl (C=O) groups excluding carboxylic acids is 2. The molecule has 2 rings (SSSR count). The molecule has 5 heteroatoms. The number of hydrogen-bond donors (Lipinski definition) is 0. The van der Waals surface area contributed by atoms with E-state index in [1.165, 1.54) is 14.2 Å². The third kappa shape index (κ3) is 1.73. The Balaban J connectivity index is 2.24. The Morgan fingerprint density at radius 2 is 1.65 bits per heavy atom. The Bertz CT molecular complexity index is 309. The first-order chi connectivity index (χ1) is 8.16. The van der Waals surface area contributed by atoms with E-state index in [2.05, 4.69) is 0 Å². The standard InChI is InChI=1S/C12H18O5/c1-15-10(13)12(11(14)16-2)8-6-4-3-5-7-9(8)17-12/h8-9H,3-7H2,1-2H3/t8-,9+/m0/s1. The fourth-order valence-electron chi connectivity index (χ4n) is 2.92. The van der Waals surface area contributed by atoms with Crippen LogP contribution in [0.25, 0.3) is 0 Å². The Kier molecular flexibility index (Phi) is 3.38. The molecule has 1 heterocycles. The third-order valence-corrected chi connectivity index (χ3v) is 3.79. The Hall–Kier alpha value is -1.10. The molecule has 1 saturated carbocycles. The molecule has 0 N–H and O–H groups in total. The summed E-state index contributed by atoms with van der Waals surface area (Å²) in [5, 5.41) is 0. The van der Waals surface area contributed by atoms with Gasteiger partial charge in [-0.1, -0.05) is 19.3 Å². The summed E-state index contributed by atoms with van der Waals surface area (Å²) in [6.45, 7) is 0. The highest BCUT2D eigenvalue weighted by atomic mass is 16.6. The van der Waals surface area contributed by atoms with Gasteiger partial charge in [0.05, 0.1) is 20.3 Å². The quantitative estimate of drug-likeness (QED) is 0.535. The van der Waals surface area contributed by atoms with Crippen molar-refractivity contribution in [1.29, 1.82) is 0 Å². The molecule has 0 amide bonds. The Morgan fingerprint density at radius 1 is 1.06 bits per heavy atom. The minimum atomic E-state index is -1.50. The van der Waals surface area contributed by atoms with Crippen molar-refractivity contribution in [2.24, 2.45) is 5.92 Å². The summed E-state index contributed by atoms with van der Waals surface area (Å²) in [6, 6.07) is 0. The number of esters is 2. The molecule has 0 aromatic heterocycles. The maximum Gasteiger partial charge on any atom is 0.350 e. The molecule has 0 radical (unpaired) electrons. The summed E-state index contributed by atoms with van der Waals surface area (Å²) >= 11 is 0. The van der Waals surface area contributed by atoms with Crippen molar-refractivity contribution < 1.29 is 23.8 Å². The zero-order valence-corrected chi connectivity index (χ0v) is 10.2. The number of fused-ring (bicyclic) bond motifs is 1. The average molecular weight is 242 g/mol. The molecule has 5 nitrogen and oxygen atoms in total. The fraction of sp³-hybridized carbons (Fsp3) is 0.833. The number of rotatable bonds is 2. The highest BCUT2D eigenvalue weighted by molar-refractivity contribution is 6.05. The molecule has 2 aliphatic rings. The molecular weight excluding hydrogens is 224 g/mol. The molecule has 0 unspecified atom stereocenters. The van der Waals surface area contributed by atoms with Crippen molar-refractivity contribution in [2.75, 3.05) is 14.2 Å². The van der Waals surface area contributed by atoms with Crippen molar-refractivity contribution in [3.63, 3.8) is 0 Å². The van der Waals surface area contributed by atoms with E-state index in [1.807, 2.05) is 0 Å². The topological polar surface area (TPSA) is 61.8 Å². The van der Waals surface area contributed by atoms with Gasteiger partial charge in [-0.25, -0.2) is 9.59 Å². The molecule has 1 aliphatic carbocycles. The van der Waals surface area contributed by atoms with Gasteiger partial charge in [0.25, 0.3) is 5.60 Å². The molecule has 1 saturated heterocycles. The predicted octanol–water partition coefficient (Wildman–Crippen LogP) is 1.05. The van der Waals surface area contributed by atoms with Crippen LogP contribution in [0.15, 0.2) is 0 Å². The van der Waals surface area contributed by atoms with Crippen LogP contribution >= 0.6 is 0 Å². The SMILES string of the molecule is COC(=O)C1(C(=O)OC)O[C@@H]2CCCCC[C@@H]21. The molecule has 1 aliphatic heterocycles. The molecule has 17 heavy (non-hydrogen) atoms. The second-order valence-electron chi connectivity index (χ2n) is 4.62. The monoisotopic (exact) mass is 242 g/mol. The van der Waals surface area contributed by atoms with Gasteiger partial charge in [0, 0.05) is 5.92 Å². The van der Waals surface area contributed by atoms with Crippen LogP contribution in [-0.4, -0.2) is 37.9 Å². The van der Waals surface area contributed by atoms with Gasteiger partial charge in [-0.15, -0.1) is 0 Å². The Morgan fingerprint density at radius 3 is 2.24 bits per heavy atom. The van der Waals surface area contributed by atoms with E-state index in [9.17, 15) is 9.59 Å². The smallest absolute Gasteiger partial charge is 0.350 e. The lowest BCUT2D eigenvalue weighted by atomic mass is 9.74. The number of hydrogen-bond acceptors (Lipinski definition) is 5. The Labute approximate surface area is 100 Å². The number of carbonyl (C=O) groups is 2. The van der Waals surface area contributed by atoms with Crippen LogP contribution in [0.3, 0.4) is 0 Å². The van der Waals surface area contributed by atoms with Crippen LogP contribution in [0, 0.1) is 5.92 Å². The van der Waals surface area contributed by atoms with Crippen molar-refractivity contribution in [3.05, 3.63) is 0 Å². The van der Waals surface area contributed by atoms with E-state index in [0.29, 0.717) is 0 Å². The molecule has 0 aromatic rings. The molecule has 2 fully saturated rings. The van der Waals surface area contributed by atoms with Gasteiger partial charge in [0.2, 0.25) is 0 Å². The van der Waals surface area contributed by atoms with E-state index < -0.39 is 17.5 Å². The lowest BCUT2D eigenvalue weighted by Crippen LogP contribution is -2.69. The lowest BCUT2D eigenvalue weighted by Gasteiger charge is -2.49. The zero-order valence-electron chi connectivity index (χ0n) is 10.2. The maximum atomic E-state index is 11.8. The normalized spacial score (nSPS) is 30.5. The molecular formula is C12H18O5. The summed E-state index contributed by atoms with van der Waals surface area (Å²) < 4.78 is 15.0. The second kappa shape index (κ2) is 4.64. The second-order valence-corrected chi connectivity index (χ2v) is 4.62. The van der Waals surface area contributed by atoms with Crippen molar-refractivity contribution in [1.82, 2.24) is 0 Å². The number of methoxy groups -OCH3 is 2. The summed E-state index contributed by atoms with van der Waals surface area (Å²) in [5.41, 5.74) is -1.50. The van der Waals surface area contributed by atoms with Crippen molar-refractivity contribution in [2.45, 2.75) is 43.8 Å². The predicted molar refractivity (Wildman–Crippen MR) is 58.2 cm³/mol. The molecule has 96 valence electrons. The largest absolute Gasteiger partial charge is 0.466 e. The van der Waals surface area contributed by atoms with Gasteiger partial charge in [-0.3, -0.25) is 0 Å². The highest BCUT2D eigenvalue weighted by Crippen LogP contribution is 2.47. The summed E-state index contributed by atoms with van der Waals surface area (Å²) in [4.78, 5) is 23.7. The molecule has 0 bridgehead atoms. The molecule has 0 spiro atoms. The lowest BCUT2D eigenvalue weighted by molar-refractivity contribution is -0.265. The zero-order chi connectivity index (χ0) is 12.5. The number of ether oxygens (including phenoxy) is 3. The first kappa shape index (κ1) is 12.4. The van der Waals surface area contributed by atoms with E-state index in [4.69, 9.17) is 14.2 Å². The van der Waals surface area contributed by atoms with Crippen LogP contribution in [0.2, 0.25) is 0 Å². The van der Waals surface area contributed by atoms with Gasteiger partial charge in [-0.2, -0.15) is 0 Å². The summed E-state index contributed by atoms with van der Waals surface area (Å²) in [5.74, 6) is -1.36. The summed E-state index contributed by atoms with van der Waals surface area (Å²) in [6.07, 6.45) is 4.93. The first-order valence-corrected chi connectivity index (χ1v) is 6.01. The van der Waals surface area contributed by atoms with Gasteiger partial charge in [0.1, 0.15) is 0 Å². The van der Waals surface area contributed by atoms with Crippen LogP contribution in [0.1, 0.15) is 32.1 Å². The third-order valence-electron chi connectivity index (χ3n) is 3.79. The van der Waals surface area contributed by atoms with Gasteiger partial charge in [0.15, 0.2) is 0 Å². The minimum absolute atomic E-state index is 0.00398. The van der Waals surface area contributed by atoms with Gasteiger partial charge >= 0.3 is 11.9 Å². The van der Waals surface area contributed by atoms with E-state index in [-0.39, 0.29) is 12.0 Å². The fourth-order valence-corrected chi connectivity index (χ4v) is 2.92. The first-order valence-electron chi connectivity index (χ1n) is 6.01. The van der Waals surface area contributed by atoms with Gasteiger partial charge in [-0.05, 0) is 12.8 Å². The van der Waals surface area contributed by atoms with Crippen molar-refractivity contribution in [3.8, 4) is 0 Å². The van der Waals surface area contributed by atoms with E-state index in [0.717, 1.165) is 32.1 Å². The molecule has 0 aromatic carbocycles. The highest BCUT2D eigenvalue weighted by Gasteiger charge is 2.67. The van der Waals surface area contributed by atoms with Crippen LogP contribution < -0.4 is 0 Å². The maximum absolute atomic E-state index is 11.8. The van der Waals surface area contributed by atoms with Gasteiger partial charge < -0.3 is 14.2 Å². The van der Waals surface area contributed by atoms with Crippen LogP contribution in [0.5, 0.6) is 0 Å². The van der Waals surface area contributed by atoms with Crippen LogP contribution in [-0.2, 0) is 23.8 Å². The van der Waals surface area contributed by atoms with E-state index in [1.54, 1.807) is 0 Å². The summed E-state index contributed by atoms with van der Waals surface area (Å²) in [7, 11) is 2.53. The van der Waals surface area contributed by atoms with E-state index >= 15 is 0 Å². The minimum Gasteiger partial charge on any atom is -0.466 e. The van der Waals surface area contributed by atoms with Crippen LogP contribution in [0.4, 0.5) is 0 Å². The average Bonchev–Trinajstić information content (AvgIpc) is 2.52. The van der Waals surface area contributed by atoms with Crippen molar-refractivity contribution >= 4 is 11.9 Å². The molecule has 2 atom stereocenters.